The molecule has 0 rings (SSSR count). The average molecular weight is 931 g/mol. The van der Waals surface area contributed by atoms with Crippen molar-refractivity contribution in [2.24, 2.45) is 0 Å². The van der Waals surface area contributed by atoms with E-state index in [1.807, 2.05) is 21.1 Å². The molecule has 1 N–H and O–H groups in total. The van der Waals surface area contributed by atoms with Crippen LogP contribution >= 0.6 is 7.82 Å². The van der Waals surface area contributed by atoms with Crippen molar-refractivity contribution in [3.05, 3.63) is 0 Å². The molecule has 0 aliphatic carbocycles. The molecule has 0 aromatic carbocycles. The fourth-order valence-corrected chi connectivity index (χ4v) is 9.30. The van der Waals surface area contributed by atoms with Crippen LogP contribution < -0.4 is 0 Å². The van der Waals surface area contributed by atoms with Gasteiger partial charge in [0.1, 0.15) is 19.3 Å². The first kappa shape index (κ1) is 63.5. The zero-order valence-corrected chi connectivity index (χ0v) is 44.7. The Kier molecular flexibility index (Phi) is 48.6. The van der Waals surface area contributed by atoms with Crippen LogP contribution in [0.5, 0.6) is 0 Å². The highest BCUT2D eigenvalue weighted by Gasteiger charge is 2.26. The predicted molar refractivity (Wildman–Crippen MR) is 275 cm³/mol. The van der Waals surface area contributed by atoms with E-state index in [1.54, 1.807) is 0 Å². The van der Waals surface area contributed by atoms with Crippen LogP contribution in [0.15, 0.2) is 0 Å². The van der Waals surface area contributed by atoms with Gasteiger partial charge in [0, 0.05) is 13.0 Å². The molecule has 0 bridgehead atoms. The highest BCUT2D eigenvalue weighted by Crippen LogP contribution is 2.43. The predicted octanol–water partition coefficient (Wildman–Crippen LogP) is 17.6. The second-order valence-electron chi connectivity index (χ2n) is 20.7. The molecule has 2 atom stereocenters. The van der Waals surface area contributed by atoms with E-state index in [2.05, 4.69) is 13.8 Å². The van der Waals surface area contributed by atoms with E-state index in [4.69, 9.17) is 18.5 Å². The first-order chi connectivity index (χ1) is 31.1. The molecule has 0 amide bonds. The Morgan fingerprint density at radius 2 is 0.719 bits per heavy atom. The van der Waals surface area contributed by atoms with Crippen LogP contribution in [0.4, 0.5) is 0 Å². The topological polar surface area (TPSA) is 91.3 Å². The molecular formula is C55H113NO7P+. The van der Waals surface area contributed by atoms with E-state index >= 15 is 0 Å². The Morgan fingerprint density at radius 3 is 1.03 bits per heavy atom. The number of hydrogen-bond acceptors (Lipinski definition) is 6. The summed E-state index contributed by atoms with van der Waals surface area (Å²) in [4.78, 5) is 23.1. The molecule has 384 valence electrons. The summed E-state index contributed by atoms with van der Waals surface area (Å²) in [6.45, 7) is 5.72. The lowest BCUT2D eigenvalue weighted by Gasteiger charge is -2.24. The maximum absolute atomic E-state index is 12.8. The smallest absolute Gasteiger partial charge is 0.457 e. The van der Waals surface area contributed by atoms with E-state index in [0.717, 1.165) is 32.1 Å². The number of phosphoric acid groups is 1. The summed E-state index contributed by atoms with van der Waals surface area (Å²) in [5.74, 6) is -0.303. The number of nitrogens with zero attached hydrogens (tertiary/aromatic N) is 1. The van der Waals surface area contributed by atoms with Gasteiger partial charge in [-0.15, -0.1) is 0 Å². The van der Waals surface area contributed by atoms with Gasteiger partial charge in [-0.1, -0.05) is 271 Å². The Bertz CT molecular complexity index is 992. The minimum atomic E-state index is -4.28. The third-order valence-electron chi connectivity index (χ3n) is 12.9. The first-order valence-electron chi connectivity index (χ1n) is 28.3. The largest absolute Gasteiger partial charge is 0.472 e. The molecule has 0 aromatic rings. The van der Waals surface area contributed by atoms with Gasteiger partial charge >= 0.3 is 13.8 Å². The van der Waals surface area contributed by atoms with E-state index in [-0.39, 0.29) is 25.8 Å². The number of ether oxygens (including phenoxy) is 2. The average Bonchev–Trinajstić information content (AvgIpc) is 3.25. The van der Waals surface area contributed by atoms with Crippen LogP contribution in [0.25, 0.3) is 0 Å². The zero-order valence-electron chi connectivity index (χ0n) is 43.8. The van der Waals surface area contributed by atoms with Crippen LogP contribution in [0.3, 0.4) is 0 Å². The van der Waals surface area contributed by atoms with Crippen molar-refractivity contribution in [3.8, 4) is 0 Å². The standard InChI is InChI=1S/C55H112NO7P/c1-6-8-10-12-14-16-18-20-22-24-26-28-30-32-34-36-38-40-42-44-46-48-55(57)63-54(53-62-64(58,59)61-51-49-56(3,4)5)52-60-50-47-45-43-41-39-37-35-33-31-29-27-25-23-21-19-17-15-13-11-9-7-2/h54H,6-53H2,1-5H3/p+1. The molecule has 0 radical (unpaired) electrons. The first-order valence-corrected chi connectivity index (χ1v) is 29.8. The van der Waals surface area contributed by atoms with Gasteiger partial charge in [-0.25, -0.2) is 4.57 Å². The van der Waals surface area contributed by atoms with Crippen LogP contribution in [0.2, 0.25) is 0 Å². The zero-order chi connectivity index (χ0) is 46.9. The number of hydrogen-bond donors (Lipinski definition) is 1. The SMILES string of the molecule is CCCCCCCCCCCCCCCCCCCCCCCOCC(COP(=O)(O)OCC[N+](C)(C)C)OC(=O)CCCCCCCCCCCCCCCCCCCCCCC. The number of phosphoric ester groups is 1. The van der Waals surface area contributed by atoms with Crippen LogP contribution in [-0.2, 0) is 27.9 Å². The molecule has 0 saturated carbocycles. The molecule has 8 nitrogen and oxygen atoms in total. The van der Waals surface area contributed by atoms with Gasteiger partial charge in [0.15, 0.2) is 0 Å². The molecule has 64 heavy (non-hydrogen) atoms. The van der Waals surface area contributed by atoms with E-state index in [0.29, 0.717) is 24.1 Å². The van der Waals surface area contributed by atoms with Gasteiger partial charge in [-0.3, -0.25) is 13.8 Å². The second-order valence-corrected chi connectivity index (χ2v) is 22.1. The molecule has 0 spiro atoms. The lowest BCUT2D eigenvalue weighted by atomic mass is 10.0. The number of carbonyl (C=O) groups is 1. The number of rotatable bonds is 54. The van der Waals surface area contributed by atoms with Crippen molar-refractivity contribution in [1.29, 1.82) is 0 Å². The monoisotopic (exact) mass is 931 g/mol. The third kappa shape index (κ3) is 52.5. The maximum atomic E-state index is 12.8. The molecule has 0 fully saturated rings. The van der Waals surface area contributed by atoms with Gasteiger partial charge in [-0.2, -0.15) is 0 Å². The minimum absolute atomic E-state index is 0.0944. The van der Waals surface area contributed by atoms with Crippen molar-refractivity contribution in [2.45, 2.75) is 296 Å². The van der Waals surface area contributed by atoms with Crippen molar-refractivity contribution in [2.75, 3.05) is 54.1 Å². The van der Waals surface area contributed by atoms with Crippen molar-refractivity contribution in [1.82, 2.24) is 0 Å². The lowest BCUT2D eigenvalue weighted by Crippen LogP contribution is -2.37. The van der Waals surface area contributed by atoms with Crippen LogP contribution in [-0.4, -0.2) is 75.6 Å². The Labute approximate surface area is 399 Å². The second kappa shape index (κ2) is 48.9. The quantitative estimate of drug-likeness (QED) is 0.0281. The third-order valence-corrected chi connectivity index (χ3v) is 13.9. The summed E-state index contributed by atoms with van der Waals surface area (Å²) in [7, 11) is 1.69. The van der Waals surface area contributed by atoms with Gasteiger partial charge < -0.3 is 18.9 Å². The fraction of sp³-hybridized carbons (Fsp3) is 0.982. The van der Waals surface area contributed by atoms with Crippen LogP contribution in [0, 0.1) is 0 Å². The van der Waals surface area contributed by atoms with Gasteiger partial charge in [0.25, 0.3) is 0 Å². The van der Waals surface area contributed by atoms with Gasteiger partial charge in [0.05, 0.1) is 34.4 Å². The van der Waals surface area contributed by atoms with Gasteiger partial charge in [-0.05, 0) is 12.8 Å². The fourth-order valence-electron chi connectivity index (χ4n) is 8.56. The highest BCUT2D eigenvalue weighted by molar-refractivity contribution is 7.47. The van der Waals surface area contributed by atoms with Crippen molar-refractivity contribution in [3.63, 3.8) is 0 Å². The summed E-state index contributed by atoms with van der Waals surface area (Å²) < 4.78 is 35.3. The van der Waals surface area contributed by atoms with E-state index in [9.17, 15) is 14.3 Å². The van der Waals surface area contributed by atoms with E-state index < -0.39 is 13.9 Å². The van der Waals surface area contributed by atoms with Crippen LogP contribution in [0.1, 0.15) is 290 Å². The summed E-state index contributed by atoms with van der Waals surface area (Å²) in [5, 5.41) is 0. The molecule has 9 heteroatoms. The molecule has 0 saturated heterocycles. The number of esters is 1. The summed E-state index contributed by atoms with van der Waals surface area (Å²) in [6.07, 6.45) is 55.9. The Balaban J connectivity index is 4.03. The van der Waals surface area contributed by atoms with Gasteiger partial charge in [0.2, 0.25) is 0 Å². The molecule has 0 heterocycles. The molecule has 0 aliphatic rings. The molecule has 2 unspecified atom stereocenters. The lowest BCUT2D eigenvalue weighted by molar-refractivity contribution is -0.870. The van der Waals surface area contributed by atoms with Crippen molar-refractivity contribution >= 4 is 13.8 Å². The normalized spacial score (nSPS) is 13.4. The highest BCUT2D eigenvalue weighted by atomic mass is 31.2. The van der Waals surface area contributed by atoms with Crippen molar-refractivity contribution < 1.29 is 37.3 Å². The number of carbonyl (C=O) groups excluding carboxylic acids is 1. The number of likely N-dealkylation sites (N-methyl/N-ethyl adjacent to an activating group) is 1. The molecular weight excluding hydrogens is 818 g/mol. The van der Waals surface area contributed by atoms with E-state index in [1.165, 1.54) is 238 Å². The number of quaternary nitrogens is 1. The maximum Gasteiger partial charge on any atom is 0.472 e. The summed E-state index contributed by atoms with van der Waals surface area (Å²) >= 11 is 0. The summed E-state index contributed by atoms with van der Waals surface area (Å²) in [6, 6.07) is 0. The Morgan fingerprint density at radius 1 is 0.422 bits per heavy atom. The Hall–Kier alpha value is -0.500. The molecule has 0 aromatic heterocycles. The summed E-state index contributed by atoms with van der Waals surface area (Å²) in [5.41, 5.74) is 0. The number of unbranched alkanes of at least 4 members (excludes halogenated alkanes) is 40. The minimum Gasteiger partial charge on any atom is -0.457 e. The molecule has 0 aliphatic heterocycles.